The number of rotatable bonds is 4. The molecule has 7 nitrogen and oxygen atoms in total. The highest BCUT2D eigenvalue weighted by Gasteiger charge is 2.24. The summed E-state index contributed by atoms with van der Waals surface area (Å²) < 4.78 is 0. The van der Waals surface area contributed by atoms with Gasteiger partial charge in [0.15, 0.2) is 11.6 Å². The van der Waals surface area contributed by atoms with E-state index < -0.39 is 0 Å². The zero-order valence-corrected chi connectivity index (χ0v) is 17.6. The van der Waals surface area contributed by atoms with Crippen molar-refractivity contribution in [1.29, 1.82) is 0 Å². The Morgan fingerprint density at radius 1 is 0.967 bits per heavy atom. The molecule has 1 aromatic carbocycles. The molecule has 4 heterocycles. The van der Waals surface area contributed by atoms with Crippen LogP contribution < -0.4 is 4.90 Å². The predicted octanol–water partition coefficient (Wildman–Crippen LogP) is 4.04. The molecule has 0 atom stereocenters. The molecular weight excluding hydrogens is 421 g/mol. The smallest absolute Gasteiger partial charge is 0.159 e. The van der Waals surface area contributed by atoms with E-state index in [9.17, 15) is 0 Å². The first-order chi connectivity index (χ1) is 14.7. The summed E-state index contributed by atoms with van der Waals surface area (Å²) in [6.07, 6.45) is 6.98. The summed E-state index contributed by atoms with van der Waals surface area (Å²) in [5.41, 5.74) is 3.36. The Balaban J connectivity index is 1.39. The zero-order valence-electron chi connectivity index (χ0n) is 16.1. The fourth-order valence-electron chi connectivity index (χ4n) is 3.69. The van der Waals surface area contributed by atoms with E-state index >= 15 is 0 Å². The highest BCUT2D eigenvalue weighted by Crippen LogP contribution is 2.29. The normalized spacial score (nSPS) is 15.1. The molecule has 1 N–H and O–H groups in total. The highest BCUT2D eigenvalue weighted by atomic mass is 35.5. The number of halogens is 2. The lowest BCUT2D eigenvalue weighted by atomic mass is 10.2. The van der Waals surface area contributed by atoms with E-state index in [1.807, 2.05) is 24.3 Å². The number of anilines is 1. The monoisotopic (exact) mass is 439 g/mol. The molecule has 0 radical (unpaired) electrons. The van der Waals surface area contributed by atoms with Gasteiger partial charge in [-0.05, 0) is 29.8 Å². The van der Waals surface area contributed by atoms with Gasteiger partial charge in [0.2, 0.25) is 0 Å². The Morgan fingerprint density at radius 3 is 2.63 bits per heavy atom. The number of benzene rings is 1. The van der Waals surface area contributed by atoms with Gasteiger partial charge < -0.3 is 9.88 Å². The minimum absolute atomic E-state index is 0.705. The number of hydrogen-bond acceptors (Lipinski definition) is 6. The Bertz CT molecular complexity index is 1170. The van der Waals surface area contributed by atoms with Crippen LogP contribution in [-0.4, -0.2) is 56.0 Å². The number of imidazole rings is 1. The maximum absolute atomic E-state index is 6.34. The van der Waals surface area contributed by atoms with Crippen LogP contribution in [0.1, 0.15) is 5.56 Å². The average molecular weight is 440 g/mol. The van der Waals surface area contributed by atoms with E-state index in [1.54, 1.807) is 24.8 Å². The number of piperazine rings is 1. The van der Waals surface area contributed by atoms with Crippen molar-refractivity contribution in [3.05, 3.63) is 64.7 Å². The molecule has 4 aromatic rings. The lowest BCUT2D eigenvalue weighted by Gasteiger charge is -2.36. The van der Waals surface area contributed by atoms with Gasteiger partial charge in [-0.15, -0.1) is 0 Å². The summed E-state index contributed by atoms with van der Waals surface area (Å²) in [5, 5.41) is 1.45. The van der Waals surface area contributed by atoms with Crippen molar-refractivity contribution in [1.82, 2.24) is 29.8 Å². The largest absolute Gasteiger partial charge is 0.352 e. The number of aromatic amines is 1. The first-order valence-electron chi connectivity index (χ1n) is 9.70. The van der Waals surface area contributed by atoms with Gasteiger partial charge in [0.1, 0.15) is 11.2 Å². The Morgan fingerprint density at radius 2 is 1.83 bits per heavy atom. The van der Waals surface area contributed by atoms with Gasteiger partial charge in [-0.25, -0.2) is 15.0 Å². The van der Waals surface area contributed by atoms with Crippen molar-refractivity contribution < 1.29 is 0 Å². The Labute approximate surface area is 183 Å². The van der Waals surface area contributed by atoms with Gasteiger partial charge >= 0.3 is 0 Å². The van der Waals surface area contributed by atoms with Gasteiger partial charge in [0.25, 0.3) is 0 Å². The SMILES string of the molecule is Clc1ccc(Cl)c(CN2CCN(c3nc4ccncc4nc3-c3ncc[nH]3)CC2)c1. The second-order valence-corrected chi connectivity index (χ2v) is 8.04. The van der Waals surface area contributed by atoms with Gasteiger partial charge in [0, 0.05) is 61.4 Å². The van der Waals surface area contributed by atoms with Gasteiger partial charge in [-0.1, -0.05) is 23.2 Å². The van der Waals surface area contributed by atoms with Crippen LogP contribution in [0.15, 0.2) is 49.1 Å². The maximum atomic E-state index is 6.34. The molecule has 1 fully saturated rings. The van der Waals surface area contributed by atoms with E-state index in [-0.39, 0.29) is 0 Å². The van der Waals surface area contributed by atoms with E-state index in [2.05, 4.69) is 24.8 Å². The van der Waals surface area contributed by atoms with Crippen LogP contribution in [0, 0.1) is 0 Å². The molecule has 0 bridgehead atoms. The van der Waals surface area contributed by atoms with Crippen molar-refractivity contribution in [3.8, 4) is 11.5 Å². The van der Waals surface area contributed by atoms with Crippen LogP contribution in [0.25, 0.3) is 22.6 Å². The van der Waals surface area contributed by atoms with Crippen LogP contribution >= 0.6 is 23.2 Å². The average Bonchev–Trinajstić information content (AvgIpc) is 3.31. The molecule has 0 amide bonds. The molecule has 1 aliphatic heterocycles. The second-order valence-electron chi connectivity index (χ2n) is 7.20. The zero-order chi connectivity index (χ0) is 20.5. The molecule has 30 heavy (non-hydrogen) atoms. The molecule has 0 unspecified atom stereocenters. The molecule has 0 spiro atoms. The van der Waals surface area contributed by atoms with Crippen molar-refractivity contribution in [2.75, 3.05) is 31.1 Å². The van der Waals surface area contributed by atoms with Crippen molar-refractivity contribution >= 4 is 40.1 Å². The number of pyridine rings is 1. The highest BCUT2D eigenvalue weighted by molar-refractivity contribution is 6.33. The fraction of sp³-hybridized carbons (Fsp3) is 0.238. The van der Waals surface area contributed by atoms with Crippen molar-refractivity contribution in [2.24, 2.45) is 0 Å². The molecular formula is C21H19Cl2N7. The minimum atomic E-state index is 0.705. The summed E-state index contributed by atoms with van der Waals surface area (Å²) in [5.74, 6) is 1.54. The molecule has 1 aliphatic rings. The number of fused-ring (bicyclic) bond motifs is 1. The van der Waals surface area contributed by atoms with E-state index in [0.29, 0.717) is 10.8 Å². The summed E-state index contributed by atoms with van der Waals surface area (Å²) in [6.45, 7) is 4.20. The molecule has 9 heteroatoms. The van der Waals surface area contributed by atoms with Crippen LogP contribution in [0.2, 0.25) is 10.0 Å². The van der Waals surface area contributed by atoms with Crippen LogP contribution in [0.4, 0.5) is 5.82 Å². The fourth-order valence-corrected chi connectivity index (χ4v) is 4.07. The third-order valence-electron chi connectivity index (χ3n) is 5.24. The third kappa shape index (κ3) is 3.84. The van der Waals surface area contributed by atoms with Crippen molar-refractivity contribution in [3.63, 3.8) is 0 Å². The van der Waals surface area contributed by atoms with Crippen LogP contribution in [0.5, 0.6) is 0 Å². The second kappa shape index (κ2) is 8.18. The Hall–Kier alpha value is -2.74. The summed E-state index contributed by atoms with van der Waals surface area (Å²) in [4.78, 5) is 26.0. The molecule has 152 valence electrons. The van der Waals surface area contributed by atoms with Gasteiger partial charge in [-0.3, -0.25) is 9.88 Å². The molecule has 3 aromatic heterocycles. The molecule has 1 saturated heterocycles. The number of aromatic nitrogens is 5. The van der Waals surface area contributed by atoms with E-state index in [4.69, 9.17) is 33.2 Å². The van der Waals surface area contributed by atoms with Gasteiger partial charge in [-0.2, -0.15) is 0 Å². The van der Waals surface area contributed by atoms with E-state index in [1.165, 1.54) is 0 Å². The number of nitrogens with one attached hydrogen (secondary N) is 1. The predicted molar refractivity (Wildman–Crippen MR) is 119 cm³/mol. The van der Waals surface area contributed by atoms with Gasteiger partial charge in [0.05, 0.1) is 11.7 Å². The quantitative estimate of drug-likeness (QED) is 0.516. The number of H-pyrrole nitrogens is 1. The van der Waals surface area contributed by atoms with E-state index in [0.717, 1.165) is 65.9 Å². The first-order valence-corrected chi connectivity index (χ1v) is 10.5. The third-order valence-corrected chi connectivity index (χ3v) is 5.85. The molecule has 5 rings (SSSR count). The lowest BCUT2D eigenvalue weighted by molar-refractivity contribution is 0.249. The summed E-state index contributed by atoms with van der Waals surface area (Å²) in [6, 6.07) is 7.49. The molecule has 0 aliphatic carbocycles. The number of nitrogens with zero attached hydrogens (tertiary/aromatic N) is 6. The standard InChI is InChI=1S/C21H19Cl2N7/c22-15-1-2-16(23)14(11-15)13-29-7-9-30(10-8-29)21-19(20-25-5-6-26-20)27-18-12-24-4-3-17(18)28-21/h1-6,11-12H,7-10,13H2,(H,25,26). The summed E-state index contributed by atoms with van der Waals surface area (Å²) in [7, 11) is 0. The van der Waals surface area contributed by atoms with Crippen LogP contribution in [-0.2, 0) is 6.54 Å². The number of hydrogen-bond donors (Lipinski definition) is 1. The topological polar surface area (TPSA) is 73.8 Å². The van der Waals surface area contributed by atoms with Crippen LogP contribution in [0.3, 0.4) is 0 Å². The summed E-state index contributed by atoms with van der Waals surface area (Å²) >= 11 is 12.5. The Kier molecular flexibility index (Phi) is 5.25. The molecule has 0 saturated carbocycles. The van der Waals surface area contributed by atoms with Crippen molar-refractivity contribution in [2.45, 2.75) is 6.54 Å². The maximum Gasteiger partial charge on any atom is 0.159 e. The first kappa shape index (κ1) is 19.2. The lowest BCUT2D eigenvalue weighted by Crippen LogP contribution is -2.46. The minimum Gasteiger partial charge on any atom is -0.352 e.